The first kappa shape index (κ1) is 17.0. The van der Waals surface area contributed by atoms with E-state index in [1.165, 1.54) is 0 Å². The number of para-hydroxylation sites is 2. The van der Waals surface area contributed by atoms with Crippen molar-refractivity contribution in [2.75, 3.05) is 0 Å². The highest BCUT2D eigenvalue weighted by Crippen LogP contribution is 2.14. The van der Waals surface area contributed by atoms with Gasteiger partial charge in [0.05, 0.1) is 17.4 Å². The van der Waals surface area contributed by atoms with Crippen molar-refractivity contribution in [3.8, 4) is 0 Å². The molecule has 3 N–H and O–H groups in total. The smallest absolute Gasteiger partial charge is 0.122 e. The largest absolute Gasteiger partial charge is 0.384 e. The highest BCUT2D eigenvalue weighted by Gasteiger charge is 2.03. The summed E-state index contributed by atoms with van der Waals surface area (Å²) in [5.74, 6) is 0.0969. The molecule has 0 atom stereocenters. The van der Waals surface area contributed by atoms with Crippen molar-refractivity contribution in [1.82, 2.24) is 9.55 Å². The Morgan fingerprint density at radius 1 is 1.05 bits per heavy atom. The fourth-order valence-corrected chi connectivity index (χ4v) is 2.12. The van der Waals surface area contributed by atoms with E-state index in [2.05, 4.69) is 15.6 Å². The van der Waals surface area contributed by atoms with Gasteiger partial charge in [-0.05, 0) is 17.7 Å². The average molecular weight is 323 g/mol. The van der Waals surface area contributed by atoms with Crippen LogP contribution in [0, 0.1) is 5.41 Å². The van der Waals surface area contributed by atoms with Crippen LogP contribution in [0.15, 0.2) is 54.9 Å². The molecule has 0 saturated heterocycles. The second-order valence-corrected chi connectivity index (χ2v) is 4.47. The van der Waals surface area contributed by atoms with Gasteiger partial charge in [-0.2, -0.15) is 0 Å². The van der Waals surface area contributed by atoms with Crippen molar-refractivity contribution in [3.63, 3.8) is 0 Å². The first-order valence-electron chi connectivity index (χ1n) is 6.07. The number of aromatic nitrogens is 2. The van der Waals surface area contributed by atoms with Crippen LogP contribution in [-0.4, -0.2) is 15.4 Å². The van der Waals surface area contributed by atoms with Crippen LogP contribution >= 0.6 is 24.8 Å². The summed E-state index contributed by atoms with van der Waals surface area (Å²) in [6, 6.07) is 15.8. The van der Waals surface area contributed by atoms with Gasteiger partial charge in [0.2, 0.25) is 0 Å². The molecule has 0 bridgehead atoms. The zero-order valence-corrected chi connectivity index (χ0v) is 12.8. The van der Waals surface area contributed by atoms with Gasteiger partial charge in [0.25, 0.3) is 0 Å². The lowest BCUT2D eigenvalue weighted by Crippen LogP contribution is -2.10. The normalized spacial score (nSPS) is 9.71. The summed E-state index contributed by atoms with van der Waals surface area (Å²) in [7, 11) is 0. The van der Waals surface area contributed by atoms with E-state index in [1.54, 1.807) is 0 Å². The number of rotatable bonds is 3. The van der Waals surface area contributed by atoms with Gasteiger partial charge in [-0.1, -0.05) is 36.4 Å². The van der Waals surface area contributed by atoms with Gasteiger partial charge >= 0.3 is 0 Å². The summed E-state index contributed by atoms with van der Waals surface area (Å²) >= 11 is 0. The van der Waals surface area contributed by atoms with Crippen molar-refractivity contribution in [2.45, 2.75) is 6.54 Å². The summed E-state index contributed by atoms with van der Waals surface area (Å²) in [6.45, 7) is 0.763. The van der Waals surface area contributed by atoms with Gasteiger partial charge < -0.3 is 10.3 Å². The molecule has 0 aliphatic heterocycles. The molecule has 1 heterocycles. The topological polar surface area (TPSA) is 67.7 Å². The summed E-state index contributed by atoms with van der Waals surface area (Å²) < 4.78 is 2.11. The van der Waals surface area contributed by atoms with Gasteiger partial charge in [0, 0.05) is 12.1 Å². The second-order valence-electron chi connectivity index (χ2n) is 4.47. The Hall–Kier alpha value is -2.04. The van der Waals surface area contributed by atoms with E-state index >= 15 is 0 Å². The van der Waals surface area contributed by atoms with Crippen molar-refractivity contribution < 1.29 is 0 Å². The van der Waals surface area contributed by atoms with E-state index in [-0.39, 0.29) is 30.6 Å². The van der Waals surface area contributed by atoms with Crippen molar-refractivity contribution in [3.05, 3.63) is 66.0 Å². The Labute approximate surface area is 135 Å². The Balaban J connectivity index is 0.00000110. The van der Waals surface area contributed by atoms with Crippen molar-refractivity contribution in [1.29, 1.82) is 5.41 Å². The lowest BCUT2D eigenvalue weighted by atomic mass is 10.1. The monoisotopic (exact) mass is 322 g/mol. The first-order valence-corrected chi connectivity index (χ1v) is 6.07. The van der Waals surface area contributed by atoms with Crippen LogP contribution in [0.1, 0.15) is 11.1 Å². The van der Waals surface area contributed by atoms with Gasteiger partial charge in [-0.3, -0.25) is 5.41 Å². The lowest BCUT2D eigenvalue weighted by Gasteiger charge is -2.05. The second kappa shape index (κ2) is 7.11. The van der Waals surface area contributed by atoms with Crippen molar-refractivity contribution in [2.24, 2.45) is 5.73 Å². The van der Waals surface area contributed by atoms with Crippen LogP contribution in [0.25, 0.3) is 11.0 Å². The molecule has 3 aromatic rings. The number of nitrogen functional groups attached to an aromatic ring is 1. The lowest BCUT2D eigenvalue weighted by molar-refractivity contribution is 0.824. The number of benzene rings is 2. The number of imidazole rings is 1. The summed E-state index contributed by atoms with van der Waals surface area (Å²) in [6.07, 6.45) is 1.85. The van der Waals surface area contributed by atoms with E-state index in [1.807, 2.05) is 48.8 Å². The fraction of sp³-hybridized carbons (Fsp3) is 0.0667. The molecule has 0 aliphatic carbocycles. The average Bonchev–Trinajstić information content (AvgIpc) is 2.83. The van der Waals surface area contributed by atoms with Crippen LogP contribution in [0.2, 0.25) is 0 Å². The number of fused-ring (bicyclic) bond motifs is 1. The molecule has 2 aromatic carbocycles. The maximum absolute atomic E-state index is 7.37. The molecular weight excluding hydrogens is 307 g/mol. The van der Waals surface area contributed by atoms with Crippen LogP contribution in [0.5, 0.6) is 0 Å². The van der Waals surface area contributed by atoms with Gasteiger partial charge in [-0.25, -0.2) is 4.98 Å². The highest BCUT2D eigenvalue weighted by atomic mass is 35.5. The SMILES string of the molecule is Cl.Cl.N=C(N)c1ccc(Cn2cnc3ccccc32)cc1. The van der Waals surface area contributed by atoms with E-state index in [4.69, 9.17) is 11.1 Å². The van der Waals surface area contributed by atoms with Crippen LogP contribution in [0.3, 0.4) is 0 Å². The fourth-order valence-electron chi connectivity index (χ4n) is 2.12. The minimum absolute atomic E-state index is 0. The maximum atomic E-state index is 7.37. The van der Waals surface area contributed by atoms with Gasteiger partial charge in [0.15, 0.2) is 0 Å². The number of hydrogen-bond acceptors (Lipinski definition) is 2. The molecule has 0 saturated carbocycles. The summed E-state index contributed by atoms with van der Waals surface area (Å²) in [4.78, 5) is 4.37. The Kier molecular flexibility index (Phi) is 5.76. The third kappa shape index (κ3) is 3.54. The number of amidine groups is 1. The third-order valence-corrected chi connectivity index (χ3v) is 3.15. The third-order valence-electron chi connectivity index (χ3n) is 3.15. The first-order chi connectivity index (χ1) is 9.24. The van der Waals surface area contributed by atoms with E-state index in [0.29, 0.717) is 0 Å². The molecule has 21 heavy (non-hydrogen) atoms. The quantitative estimate of drug-likeness (QED) is 0.574. The Morgan fingerprint density at radius 3 is 2.38 bits per heavy atom. The molecular formula is C15H16Cl2N4. The molecule has 110 valence electrons. The van der Waals surface area contributed by atoms with Crippen LogP contribution in [-0.2, 0) is 6.54 Å². The summed E-state index contributed by atoms with van der Waals surface area (Å²) in [5, 5.41) is 7.37. The number of hydrogen-bond donors (Lipinski definition) is 2. The predicted molar refractivity (Wildman–Crippen MR) is 90.8 cm³/mol. The highest BCUT2D eigenvalue weighted by molar-refractivity contribution is 5.94. The standard InChI is InChI=1S/C15H14N4.2ClH/c16-15(17)12-7-5-11(6-8-12)9-19-10-18-13-3-1-2-4-14(13)19;;/h1-8,10H,9H2,(H3,16,17);2*1H. The Bertz CT molecular complexity index is 735. The number of nitrogens with one attached hydrogen (secondary N) is 1. The molecule has 4 nitrogen and oxygen atoms in total. The number of nitrogens with zero attached hydrogens (tertiary/aromatic N) is 2. The maximum Gasteiger partial charge on any atom is 0.122 e. The molecule has 1 aromatic heterocycles. The number of nitrogens with two attached hydrogens (primary N) is 1. The van der Waals surface area contributed by atoms with Gasteiger partial charge in [-0.15, -0.1) is 24.8 Å². The molecule has 0 aliphatic rings. The molecule has 0 amide bonds. The zero-order valence-electron chi connectivity index (χ0n) is 11.2. The predicted octanol–water partition coefficient (Wildman–Crippen LogP) is 3.21. The molecule has 6 heteroatoms. The minimum atomic E-state index is 0. The van der Waals surface area contributed by atoms with Crippen LogP contribution < -0.4 is 5.73 Å². The number of halogens is 2. The molecule has 3 rings (SSSR count). The molecule has 0 spiro atoms. The molecule has 0 fully saturated rings. The van der Waals surface area contributed by atoms with E-state index < -0.39 is 0 Å². The van der Waals surface area contributed by atoms with E-state index in [0.717, 1.165) is 28.7 Å². The molecule has 0 radical (unpaired) electrons. The van der Waals surface area contributed by atoms with Gasteiger partial charge in [0.1, 0.15) is 5.84 Å². The van der Waals surface area contributed by atoms with Crippen molar-refractivity contribution >= 4 is 41.7 Å². The molecule has 0 unspecified atom stereocenters. The summed E-state index contributed by atoms with van der Waals surface area (Å²) in [5.41, 5.74) is 9.48. The Morgan fingerprint density at radius 2 is 1.71 bits per heavy atom. The minimum Gasteiger partial charge on any atom is -0.384 e. The van der Waals surface area contributed by atoms with Crippen LogP contribution in [0.4, 0.5) is 0 Å². The van der Waals surface area contributed by atoms with E-state index in [9.17, 15) is 0 Å². The zero-order chi connectivity index (χ0) is 13.2.